The van der Waals surface area contributed by atoms with Crippen LogP contribution in [0.4, 0.5) is 0 Å². The molecule has 0 spiro atoms. The molecule has 0 amide bonds. The van der Waals surface area contributed by atoms with Gasteiger partial charge in [0.25, 0.3) is 0 Å². The van der Waals surface area contributed by atoms with Crippen LogP contribution in [0.1, 0.15) is 13.8 Å². The lowest BCUT2D eigenvalue weighted by atomic mass is 10.3. The molecule has 2 N–H and O–H groups in total. The Labute approximate surface area is 92.6 Å². The highest BCUT2D eigenvalue weighted by Gasteiger charge is 2.11. The Morgan fingerprint density at radius 3 is 2.40 bits per heavy atom. The maximum absolute atomic E-state index is 11.4. The summed E-state index contributed by atoms with van der Waals surface area (Å²) >= 11 is 0. The van der Waals surface area contributed by atoms with Crippen LogP contribution in [-0.2, 0) is 14.8 Å². The first kappa shape index (κ1) is 14.8. The van der Waals surface area contributed by atoms with Crippen molar-refractivity contribution in [3.8, 4) is 0 Å². The molecule has 0 aliphatic carbocycles. The van der Waals surface area contributed by atoms with Crippen LogP contribution >= 0.6 is 0 Å². The van der Waals surface area contributed by atoms with Crippen molar-refractivity contribution in [3.63, 3.8) is 0 Å². The average molecular weight is 238 g/mol. The number of methoxy groups -OCH3 is 1. The molecule has 0 fully saturated rings. The maximum Gasteiger partial charge on any atom is 0.211 e. The number of rotatable bonds is 9. The summed E-state index contributed by atoms with van der Waals surface area (Å²) in [6.45, 7) is 6.20. The summed E-state index contributed by atoms with van der Waals surface area (Å²) in [5, 5.41) is 3.06. The first-order valence-electron chi connectivity index (χ1n) is 5.15. The predicted octanol–water partition coefficient (Wildman–Crippen LogP) is -0.202. The Morgan fingerprint density at radius 2 is 1.87 bits per heavy atom. The number of hydrogen-bond acceptors (Lipinski definition) is 4. The van der Waals surface area contributed by atoms with Gasteiger partial charge in [0.05, 0.1) is 12.4 Å². The fourth-order valence-electron chi connectivity index (χ4n) is 1.09. The molecule has 5 nitrogen and oxygen atoms in total. The first-order chi connectivity index (χ1) is 6.98. The molecule has 15 heavy (non-hydrogen) atoms. The van der Waals surface area contributed by atoms with Crippen LogP contribution in [-0.4, -0.2) is 47.5 Å². The Kier molecular flexibility index (Phi) is 7.95. The van der Waals surface area contributed by atoms with Gasteiger partial charge in [0.2, 0.25) is 10.0 Å². The maximum atomic E-state index is 11.4. The fraction of sp³-hybridized carbons (Fsp3) is 1.00. The molecule has 0 bridgehead atoms. The second-order valence-electron chi connectivity index (χ2n) is 3.81. The van der Waals surface area contributed by atoms with Gasteiger partial charge in [0.1, 0.15) is 0 Å². The largest absolute Gasteiger partial charge is 0.383 e. The minimum atomic E-state index is -3.09. The molecule has 92 valence electrons. The standard InChI is InChI=1S/C9H22N2O3S/c1-9(2)8-15(12,13)11-5-4-10-6-7-14-3/h9-11H,4-8H2,1-3H3. The predicted molar refractivity (Wildman–Crippen MR) is 61.4 cm³/mol. The van der Waals surface area contributed by atoms with E-state index in [2.05, 4.69) is 10.0 Å². The van der Waals surface area contributed by atoms with Crippen LogP contribution in [0.5, 0.6) is 0 Å². The SMILES string of the molecule is COCCNCCNS(=O)(=O)CC(C)C. The van der Waals surface area contributed by atoms with E-state index in [1.165, 1.54) is 0 Å². The molecule has 0 atom stereocenters. The monoisotopic (exact) mass is 238 g/mol. The number of sulfonamides is 1. The van der Waals surface area contributed by atoms with Gasteiger partial charge >= 0.3 is 0 Å². The van der Waals surface area contributed by atoms with Crippen LogP contribution in [0.15, 0.2) is 0 Å². The molecule has 0 aromatic rings. The first-order valence-corrected chi connectivity index (χ1v) is 6.80. The summed E-state index contributed by atoms with van der Waals surface area (Å²) < 4.78 is 30.1. The molecule has 6 heteroatoms. The van der Waals surface area contributed by atoms with Gasteiger partial charge in [-0.15, -0.1) is 0 Å². The minimum Gasteiger partial charge on any atom is -0.383 e. The van der Waals surface area contributed by atoms with Gasteiger partial charge in [0, 0.05) is 26.7 Å². The second-order valence-corrected chi connectivity index (χ2v) is 5.66. The molecule has 0 aromatic carbocycles. The Morgan fingerprint density at radius 1 is 1.20 bits per heavy atom. The molecule has 0 saturated heterocycles. The third-order valence-electron chi connectivity index (χ3n) is 1.66. The quantitative estimate of drug-likeness (QED) is 0.546. The van der Waals surface area contributed by atoms with Gasteiger partial charge < -0.3 is 10.1 Å². The summed E-state index contributed by atoms with van der Waals surface area (Å²) in [4.78, 5) is 0. The smallest absolute Gasteiger partial charge is 0.211 e. The van der Waals surface area contributed by atoms with Crippen molar-refractivity contribution in [1.29, 1.82) is 0 Å². The van der Waals surface area contributed by atoms with Gasteiger partial charge in [-0.1, -0.05) is 13.8 Å². The summed E-state index contributed by atoms with van der Waals surface area (Å²) in [5.74, 6) is 0.342. The van der Waals surface area contributed by atoms with Crippen LogP contribution in [0, 0.1) is 5.92 Å². The lowest BCUT2D eigenvalue weighted by Gasteiger charge is -2.09. The van der Waals surface area contributed by atoms with E-state index in [4.69, 9.17) is 4.74 Å². The summed E-state index contributed by atoms with van der Waals surface area (Å²) in [5.41, 5.74) is 0. The van der Waals surface area contributed by atoms with Crippen molar-refractivity contribution in [2.24, 2.45) is 5.92 Å². The molecule has 0 aliphatic rings. The third kappa shape index (κ3) is 10.1. The highest BCUT2D eigenvalue weighted by molar-refractivity contribution is 7.89. The summed E-state index contributed by atoms with van der Waals surface area (Å²) in [6, 6.07) is 0. The van der Waals surface area contributed by atoms with E-state index in [0.717, 1.165) is 6.54 Å². The topological polar surface area (TPSA) is 67.4 Å². The summed E-state index contributed by atoms with van der Waals surface area (Å²) in [7, 11) is -1.46. The number of hydrogen-bond donors (Lipinski definition) is 2. The minimum absolute atomic E-state index is 0.156. The number of nitrogens with one attached hydrogen (secondary N) is 2. The molecule has 0 saturated carbocycles. The third-order valence-corrected chi connectivity index (χ3v) is 3.41. The van der Waals surface area contributed by atoms with Gasteiger partial charge in [-0.05, 0) is 5.92 Å². The van der Waals surface area contributed by atoms with Gasteiger partial charge in [-0.2, -0.15) is 0 Å². The van der Waals surface area contributed by atoms with E-state index in [9.17, 15) is 8.42 Å². The molecular weight excluding hydrogens is 216 g/mol. The Balaban J connectivity index is 3.50. The fourth-order valence-corrected chi connectivity index (χ4v) is 2.50. The van der Waals surface area contributed by atoms with Crippen molar-refractivity contribution in [1.82, 2.24) is 10.0 Å². The zero-order valence-corrected chi connectivity index (χ0v) is 10.6. The average Bonchev–Trinajstić information content (AvgIpc) is 2.08. The second kappa shape index (κ2) is 8.04. The van der Waals surface area contributed by atoms with Crippen LogP contribution < -0.4 is 10.0 Å². The highest BCUT2D eigenvalue weighted by atomic mass is 32.2. The molecule has 0 aliphatic heterocycles. The number of ether oxygens (including phenoxy) is 1. The molecular formula is C9H22N2O3S. The van der Waals surface area contributed by atoms with Gasteiger partial charge in [0.15, 0.2) is 0 Å². The van der Waals surface area contributed by atoms with Crippen LogP contribution in [0.3, 0.4) is 0 Å². The molecule has 0 heterocycles. The van der Waals surface area contributed by atoms with E-state index >= 15 is 0 Å². The molecule has 0 unspecified atom stereocenters. The van der Waals surface area contributed by atoms with Crippen LogP contribution in [0.2, 0.25) is 0 Å². The van der Waals surface area contributed by atoms with E-state index in [-0.39, 0.29) is 11.7 Å². The van der Waals surface area contributed by atoms with Gasteiger partial charge in [-0.3, -0.25) is 0 Å². The van der Waals surface area contributed by atoms with E-state index < -0.39 is 10.0 Å². The van der Waals surface area contributed by atoms with Crippen molar-refractivity contribution in [2.75, 3.05) is 39.1 Å². The lowest BCUT2D eigenvalue weighted by Crippen LogP contribution is -2.35. The van der Waals surface area contributed by atoms with Crippen molar-refractivity contribution < 1.29 is 13.2 Å². The van der Waals surface area contributed by atoms with Gasteiger partial charge in [-0.25, -0.2) is 13.1 Å². The van der Waals surface area contributed by atoms with Crippen molar-refractivity contribution in [3.05, 3.63) is 0 Å². The molecule has 0 aromatic heterocycles. The van der Waals surface area contributed by atoms with E-state index in [0.29, 0.717) is 19.7 Å². The van der Waals surface area contributed by atoms with E-state index in [1.807, 2.05) is 13.8 Å². The molecule has 0 rings (SSSR count). The lowest BCUT2D eigenvalue weighted by molar-refractivity contribution is 0.199. The zero-order valence-electron chi connectivity index (χ0n) is 9.75. The Bertz CT molecular complexity index is 240. The van der Waals surface area contributed by atoms with Crippen molar-refractivity contribution in [2.45, 2.75) is 13.8 Å². The Hall–Kier alpha value is -0.170. The summed E-state index contributed by atoms with van der Waals surface area (Å²) in [6.07, 6.45) is 0. The molecule has 0 radical (unpaired) electrons. The van der Waals surface area contributed by atoms with Crippen LogP contribution in [0.25, 0.3) is 0 Å². The van der Waals surface area contributed by atoms with E-state index in [1.54, 1.807) is 7.11 Å². The zero-order chi connectivity index (χ0) is 11.7. The normalized spacial score (nSPS) is 12.3. The van der Waals surface area contributed by atoms with Crippen molar-refractivity contribution >= 4 is 10.0 Å². The highest BCUT2D eigenvalue weighted by Crippen LogP contribution is 1.96.